The van der Waals surface area contributed by atoms with Crippen LogP contribution in [0.4, 0.5) is 0 Å². The number of carbonyl (C=O) groups excluding carboxylic acids is 1. The highest BCUT2D eigenvalue weighted by Gasteiger charge is 2.32. The molecule has 1 aromatic rings. The lowest BCUT2D eigenvalue weighted by molar-refractivity contribution is -0.142. The zero-order valence-corrected chi connectivity index (χ0v) is 15.8. The normalized spacial score (nSPS) is 19.7. The molecule has 1 fully saturated rings. The number of carbonyl (C=O) groups is 1. The lowest BCUT2D eigenvalue weighted by atomic mass is 9.96. The predicted octanol–water partition coefficient (Wildman–Crippen LogP) is 3.31. The highest BCUT2D eigenvalue weighted by atomic mass is 79.9. The molecule has 0 radical (unpaired) electrons. The van der Waals surface area contributed by atoms with Crippen LogP contribution in [0.2, 0.25) is 0 Å². The van der Waals surface area contributed by atoms with Gasteiger partial charge in [0.15, 0.2) is 6.10 Å². The van der Waals surface area contributed by atoms with E-state index in [-0.39, 0.29) is 11.8 Å². The molecule has 0 bridgehead atoms. The van der Waals surface area contributed by atoms with E-state index in [2.05, 4.69) is 21.2 Å². The molecule has 4 nitrogen and oxygen atoms in total. The van der Waals surface area contributed by atoms with E-state index < -0.39 is 6.10 Å². The van der Waals surface area contributed by atoms with E-state index in [0.29, 0.717) is 5.92 Å². The van der Waals surface area contributed by atoms with E-state index in [1.54, 1.807) is 0 Å². The van der Waals surface area contributed by atoms with Gasteiger partial charge in [0.05, 0.1) is 4.47 Å². The van der Waals surface area contributed by atoms with Crippen molar-refractivity contribution in [2.45, 2.75) is 32.8 Å². The van der Waals surface area contributed by atoms with Crippen LogP contribution in [0.15, 0.2) is 28.7 Å². The summed E-state index contributed by atoms with van der Waals surface area (Å²) in [5.74, 6) is 1.49. The minimum atomic E-state index is -0.443. The second kappa shape index (κ2) is 8.69. The summed E-state index contributed by atoms with van der Waals surface area (Å²) in [6.07, 6.45) is 1.81. The van der Waals surface area contributed by atoms with Gasteiger partial charge in [0.25, 0.3) is 5.91 Å². The minimum absolute atomic E-state index is 0.108. The Bertz CT molecular complexity index is 519. The van der Waals surface area contributed by atoms with Crippen LogP contribution >= 0.6 is 15.9 Å². The van der Waals surface area contributed by atoms with Crippen LogP contribution < -0.4 is 10.1 Å². The van der Waals surface area contributed by atoms with Crippen LogP contribution in [-0.2, 0) is 4.79 Å². The SMILES string of the molecule is CNC[C@@H]1CCCN(C(=O)[C@@H](Oc2ccccc2Br)C(C)C)C1. The quantitative estimate of drug-likeness (QED) is 0.820. The Balaban J connectivity index is 2.08. The number of hydrogen-bond donors (Lipinski definition) is 1. The Morgan fingerprint density at radius 2 is 2.17 bits per heavy atom. The largest absolute Gasteiger partial charge is 0.479 e. The summed E-state index contributed by atoms with van der Waals surface area (Å²) in [5.41, 5.74) is 0. The minimum Gasteiger partial charge on any atom is -0.479 e. The Kier molecular flexibility index (Phi) is 6.90. The topological polar surface area (TPSA) is 41.6 Å². The Morgan fingerprint density at radius 3 is 2.83 bits per heavy atom. The molecule has 0 spiro atoms. The van der Waals surface area contributed by atoms with Gasteiger partial charge in [-0.1, -0.05) is 26.0 Å². The third-order valence-corrected chi connectivity index (χ3v) is 4.92. The van der Waals surface area contributed by atoms with E-state index in [1.165, 1.54) is 6.42 Å². The first kappa shape index (κ1) is 18.3. The Labute approximate surface area is 147 Å². The summed E-state index contributed by atoms with van der Waals surface area (Å²) in [7, 11) is 1.97. The van der Waals surface area contributed by atoms with Crippen LogP contribution in [0.25, 0.3) is 0 Å². The number of nitrogens with one attached hydrogen (secondary N) is 1. The molecule has 0 aromatic heterocycles. The summed E-state index contributed by atoms with van der Waals surface area (Å²) in [6, 6.07) is 7.69. The molecule has 1 aromatic carbocycles. The molecule has 23 heavy (non-hydrogen) atoms. The van der Waals surface area contributed by atoms with Crippen molar-refractivity contribution in [2.75, 3.05) is 26.7 Å². The number of amides is 1. The molecule has 1 heterocycles. The second-order valence-electron chi connectivity index (χ2n) is 6.56. The molecule has 1 N–H and O–H groups in total. The number of halogens is 1. The van der Waals surface area contributed by atoms with Gasteiger partial charge in [-0.15, -0.1) is 0 Å². The van der Waals surface area contributed by atoms with Crippen molar-refractivity contribution in [1.29, 1.82) is 0 Å². The maximum Gasteiger partial charge on any atom is 0.263 e. The highest BCUT2D eigenvalue weighted by molar-refractivity contribution is 9.10. The first-order valence-corrected chi connectivity index (χ1v) is 9.16. The van der Waals surface area contributed by atoms with Gasteiger partial charge in [0.1, 0.15) is 5.75 Å². The van der Waals surface area contributed by atoms with Gasteiger partial charge in [-0.3, -0.25) is 4.79 Å². The molecule has 5 heteroatoms. The van der Waals surface area contributed by atoms with E-state index in [9.17, 15) is 4.79 Å². The van der Waals surface area contributed by atoms with Gasteiger partial charge in [-0.25, -0.2) is 0 Å². The first-order chi connectivity index (χ1) is 11.0. The van der Waals surface area contributed by atoms with Gasteiger partial charge >= 0.3 is 0 Å². The number of likely N-dealkylation sites (tertiary alicyclic amines) is 1. The molecular formula is C18H27BrN2O2. The van der Waals surface area contributed by atoms with Gasteiger partial charge < -0.3 is 15.0 Å². The van der Waals surface area contributed by atoms with Gasteiger partial charge in [-0.05, 0) is 66.3 Å². The summed E-state index contributed by atoms with van der Waals surface area (Å²) < 4.78 is 6.94. The molecule has 0 unspecified atom stereocenters. The van der Waals surface area contributed by atoms with Crippen molar-refractivity contribution < 1.29 is 9.53 Å². The van der Waals surface area contributed by atoms with Crippen LogP contribution in [0, 0.1) is 11.8 Å². The summed E-state index contributed by atoms with van der Waals surface area (Å²) >= 11 is 3.49. The third kappa shape index (κ3) is 4.95. The van der Waals surface area contributed by atoms with E-state index in [1.807, 2.05) is 50.1 Å². The van der Waals surface area contributed by atoms with Gasteiger partial charge in [-0.2, -0.15) is 0 Å². The smallest absolute Gasteiger partial charge is 0.263 e. The molecule has 1 saturated heterocycles. The molecule has 1 amide bonds. The molecule has 0 aliphatic carbocycles. The molecule has 0 saturated carbocycles. The van der Waals surface area contributed by atoms with Crippen molar-refractivity contribution in [3.05, 3.63) is 28.7 Å². The number of hydrogen-bond acceptors (Lipinski definition) is 3. The Morgan fingerprint density at radius 1 is 1.43 bits per heavy atom. The molecular weight excluding hydrogens is 356 g/mol. The fourth-order valence-corrected chi connectivity index (χ4v) is 3.43. The average molecular weight is 383 g/mol. The average Bonchev–Trinajstić information content (AvgIpc) is 2.54. The first-order valence-electron chi connectivity index (χ1n) is 8.37. The van der Waals surface area contributed by atoms with Crippen molar-refractivity contribution in [2.24, 2.45) is 11.8 Å². The molecule has 1 aliphatic heterocycles. The summed E-state index contributed by atoms with van der Waals surface area (Å²) in [4.78, 5) is 14.9. The van der Waals surface area contributed by atoms with E-state index >= 15 is 0 Å². The number of rotatable bonds is 6. The fourth-order valence-electron chi connectivity index (χ4n) is 3.05. The number of ether oxygens (including phenoxy) is 1. The number of benzene rings is 1. The fraction of sp³-hybridized carbons (Fsp3) is 0.611. The monoisotopic (exact) mass is 382 g/mol. The standard InChI is InChI=1S/C18H27BrN2O2/c1-13(2)17(23-16-9-5-4-8-15(16)19)18(22)21-10-6-7-14(12-21)11-20-3/h4-5,8-9,13-14,17,20H,6-7,10-12H2,1-3H3/t14-,17-/m0/s1. The van der Waals surface area contributed by atoms with Crippen LogP contribution in [-0.4, -0.2) is 43.6 Å². The Hall–Kier alpha value is -1.07. The predicted molar refractivity (Wildman–Crippen MR) is 96.6 cm³/mol. The number of piperidine rings is 1. The van der Waals surface area contributed by atoms with Gasteiger partial charge in [0.2, 0.25) is 0 Å². The van der Waals surface area contributed by atoms with Gasteiger partial charge in [0, 0.05) is 13.1 Å². The maximum absolute atomic E-state index is 13.0. The number of nitrogens with zero attached hydrogens (tertiary/aromatic N) is 1. The van der Waals surface area contributed by atoms with Crippen molar-refractivity contribution in [3.8, 4) is 5.75 Å². The molecule has 128 valence electrons. The third-order valence-electron chi connectivity index (χ3n) is 4.26. The zero-order valence-electron chi connectivity index (χ0n) is 14.2. The molecule has 2 rings (SSSR count). The van der Waals surface area contributed by atoms with Crippen molar-refractivity contribution in [1.82, 2.24) is 10.2 Å². The van der Waals surface area contributed by atoms with Crippen LogP contribution in [0.5, 0.6) is 5.75 Å². The lowest BCUT2D eigenvalue weighted by Gasteiger charge is -2.36. The summed E-state index contributed by atoms with van der Waals surface area (Å²) in [6.45, 7) is 6.69. The molecule has 2 atom stereocenters. The second-order valence-corrected chi connectivity index (χ2v) is 7.42. The molecule has 1 aliphatic rings. The zero-order chi connectivity index (χ0) is 16.8. The highest BCUT2D eigenvalue weighted by Crippen LogP contribution is 2.27. The lowest BCUT2D eigenvalue weighted by Crippen LogP contribution is -2.49. The number of para-hydroxylation sites is 1. The summed E-state index contributed by atoms with van der Waals surface area (Å²) in [5, 5.41) is 3.22. The van der Waals surface area contributed by atoms with Crippen molar-refractivity contribution >= 4 is 21.8 Å². The van der Waals surface area contributed by atoms with Crippen LogP contribution in [0.3, 0.4) is 0 Å². The van der Waals surface area contributed by atoms with E-state index in [0.717, 1.165) is 36.3 Å². The van der Waals surface area contributed by atoms with Crippen molar-refractivity contribution in [3.63, 3.8) is 0 Å². The van der Waals surface area contributed by atoms with E-state index in [4.69, 9.17) is 4.74 Å². The van der Waals surface area contributed by atoms with Crippen LogP contribution in [0.1, 0.15) is 26.7 Å². The maximum atomic E-state index is 13.0.